The Morgan fingerprint density at radius 1 is 1.33 bits per heavy atom. The van der Waals surface area contributed by atoms with Crippen LogP contribution in [-0.4, -0.2) is 34.3 Å². The van der Waals surface area contributed by atoms with E-state index in [1.54, 1.807) is 0 Å². The van der Waals surface area contributed by atoms with Gasteiger partial charge in [-0.05, 0) is 24.6 Å². The van der Waals surface area contributed by atoms with Gasteiger partial charge in [0.25, 0.3) is 0 Å². The summed E-state index contributed by atoms with van der Waals surface area (Å²) in [5, 5.41) is 4.37. The summed E-state index contributed by atoms with van der Waals surface area (Å²) >= 11 is 0. The van der Waals surface area contributed by atoms with E-state index in [2.05, 4.69) is 43.9 Å². The van der Waals surface area contributed by atoms with Crippen LogP contribution < -0.4 is 0 Å². The van der Waals surface area contributed by atoms with E-state index in [1.807, 2.05) is 10.9 Å². The van der Waals surface area contributed by atoms with Crippen molar-refractivity contribution >= 4 is 0 Å². The molecule has 3 heteroatoms. The van der Waals surface area contributed by atoms with Gasteiger partial charge < -0.3 is 4.90 Å². The molecule has 0 saturated carbocycles. The predicted octanol–water partition coefficient (Wildman–Crippen LogP) is 2.35. The Morgan fingerprint density at radius 2 is 2.00 bits per heavy atom. The zero-order chi connectivity index (χ0) is 11.3. The Bertz CT molecular complexity index is 274. The molecule has 1 aromatic rings. The molecule has 0 aliphatic heterocycles. The molecule has 0 saturated heterocycles. The second-order valence-corrected chi connectivity index (χ2v) is 4.22. The van der Waals surface area contributed by atoms with Gasteiger partial charge in [-0.25, -0.2) is 0 Å². The molecule has 0 fully saturated rings. The van der Waals surface area contributed by atoms with Crippen LogP contribution in [0.25, 0.3) is 0 Å². The minimum Gasteiger partial charge on any atom is -0.302 e. The number of hydrogen-bond donors (Lipinski definition) is 0. The molecule has 0 N–H and O–H groups in total. The van der Waals surface area contributed by atoms with Crippen LogP contribution in [0.15, 0.2) is 12.4 Å². The Hall–Kier alpha value is -0.830. The van der Waals surface area contributed by atoms with E-state index in [4.69, 9.17) is 0 Å². The molecule has 0 aromatic carbocycles. The first-order valence-corrected chi connectivity index (χ1v) is 5.92. The molecule has 0 aliphatic carbocycles. The van der Waals surface area contributed by atoms with Gasteiger partial charge in [0.2, 0.25) is 0 Å². The van der Waals surface area contributed by atoms with E-state index in [-0.39, 0.29) is 0 Å². The highest BCUT2D eigenvalue weighted by atomic mass is 15.3. The van der Waals surface area contributed by atoms with E-state index in [0.29, 0.717) is 5.92 Å². The van der Waals surface area contributed by atoms with Crippen LogP contribution in [0.5, 0.6) is 0 Å². The molecule has 1 rings (SSSR count). The van der Waals surface area contributed by atoms with E-state index >= 15 is 0 Å². The van der Waals surface area contributed by atoms with Gasteiger partial charge in [-0.3, -0.25) is 4.68 Å². The first kappa shape index (κ1) is 12.2. The lowest BCUT2D eigenvalue weighted by Crippen LogP contribution is -2.27. The van der Waals surface area contributed by atoms with Crippen molar-refractivity contribution in [3.8, 4) is 0 Å². The number of aromatic nitrogens is 2. The largest absolute Gasteiger partial charge is 0.302 e. The SMILES string of the molecule is CCN(CC)CCn1cc(C(C)C)cn1. The summed E-state index contributed by atoms with van der Waals surface area (Å²) in [5.74, 6) is 0.576. The van der Waals surface area contributed by atoms with Crippen molar-refractivity contribution in [2.75, 3.05) is 19.6 Å². The Kier molecular flexibility index (Phi) is 4.82. The van der Waals surface area contributed by atoms with Crippen LogP contribution in [-0.2, 0) is 6.54 Å². The molecule has 86 valence electrons. The monoisotopic (exact) mass is 209 g/mol. The van der Waals surface area contributed by atoms with Gasteiger partial charge in [0.05, 0.1) is 12.7 Å². The molecule has 0 spiro atoms. The number of nitrogens with zero attached hydrogens (tertiary/aromatic N) is 3. The van der Waals surface area contributed by atoms with Crippen molar-refractivity contribution in [2.24, 2.45) is 0 Å². The summed E-state index contributed by atoms with van der Waals surface area (Å²) in [6, 6.07) is 0. The molecule has 0 bridgehead atoms. The van der Waals surface area contributed by atoms with Crippen molar-refractivity contribution in [2.45, 2.75) is 40.2 Å². The maximum Gasteiger partial charge on any atom is 0.0536 e. The van der Waals surface area contributed by atoms with Crippen molar-refractivity contribution < 1.29 is 0 Å². The number of hydrogen-bond acceptors (Lipinski definition) is 2. The van der Waals surface area contributed by atoms with E-state index in [0.717, 1.165) is 26.2 Å². The van der Waals surface area contributed by atoms with Gasteiger partial charge in [-0.2, -0.15) is 5.10 Å². The molecule has 3 nitrogen and oxygen atoms in total. The first-order valence-electron chi connectivity index (χ1n) is 5.92. The lowest BCUT2D eigenvalue weighted by Gasteiger charge is -2.17. The third kappa shape index (κ3) is 3.67. The molecular weight excluding hydrogens is 186 g/mol. The van der Waals surface area contributed by atoms with Gasteiger partial charge >= 0.3 is 0 Å². The molecule has 0 atom stereocenters. The maximum atomic E-state index is 4.37. The summed E-state index contributed by atoms with van der Waals surface area (Å²) in [4.78, 5) is 2.41. The summed E-state index contributed by atoms with van der Waals surface area (Å²) < 4.78 is 2.05. The minimum atomic E-state index is 0.576. The van der Waals surface area contributed by atoms with Crippen molar-refractivity contribution in [1.29, 1.82) is 0 Å². The highest BCUT2D eigenvalue weighted by Crippen LogP contribution is 2.11. The first-order chi connectivity index (χ1) is 7.17. The van der Waals surface area contributed by atoms with Crippen LogP contribution in [0.4, 0.5) is 0 Å². The fourth-order valence-corrected chi connectivity index (χ4v) is 1.58. The van der Waals surface area contributed by atoms with Crippen LogP contribution in [0.2, 0.25) is 0 Å². The molecule has 0 unspecified atom stereocenters. The summed E-state index contributed by atoms with van der Waals surface area (Å²) in [5.41, 5.74) is 1.33. The van der Waals surface area contributed by atoms with Crippen molar-refractivity contribution in [1.82, 2.24) is 14.7 Å². The van der Waals surface area contributed by atoms with Gasteiger partial charge in [0, 0.05) is 12.7 Å². The fourth-order valence-electron chi connectivity index (χ4n) is 1.58. The van der Waals surface area contributed by atoms with Crippen LogP contribution in [0, 0.1) is 0 Å². The summed E-state index contributed by atoms with van der Waals surface area (Å²) in [7, 11) is 0. The summed E-state index contributed by atoms with van der Waals surface area (Å²) in [6.07, 6.45) is 4.14. The second-order valence-electron chi connectivity index (χ2n) is 4.22. The average Bonchev–Trinajstić information content (AvgIpc) is 2.68. The zero-order valence-electron chi connectivity index (χ0n) is 10.4. The van der Waals surface area contributed by atoms with Gasteiger partial charge in [-0.15, -0.1) is 0 Å². The Labute approximate surface area is 93.1 Å². The van der Waals surface area contributed by atoms with Gasteiger partial charge in [-0.1, -0.05) is 27.7 Å². The van der Waals surface area contributed by atoms with E-state index in [1.165, 1.54) is 5.56 Å². The predicted molar refractivity (Wildman–Crippen MR) is 64.1 cm³/mol. The maximum absolute atomic E-state index is 4.37. The topological polar surface area (TPSA) is 21.1 Å². The third-order valence-corrected chi connectivity index (χ3v) is 2.86. The Balaban J connectivity index is 2.43. The van der Waals surface area contributed by atoms with Gasteiger partial charge in [0.15, 0.2) is 0 Å². The van der Waals surface area contributed by atoms with Crippen LogP contribution in [0.1, 0.15) is 39.2 Å². The molecule has 0 aliphatic rings. The zero-order valence-corrected chi connectivity index (χ0v) is 10.4. The molecule has 15 heavy (non-hydrogen) atoms. The average molecular weight is 209 g/mol. The molecule has 1 heterocycles. The number of rotatable bonds is 6. The van der Waals surface area contributed by atoms with Crippen molar-refractivity contribution in [3.63, 3.8) is 0 Å². The lowest BCUT2D eigenvalue weighted by atomic mass is 10.1. The molecular formula is C12H23N3. The van der Waals surface area contributed by atoms with E-state index in [9.17, 15) is 0 Å². The highest BCUT2D eigenvalue weighted by molar-refractivity contribution is 5.08. The fraction of sp³-hybridized carbons (Fsp3) is 0.750. The smallest absolute Gasteiger partial charge is 0.0536 e. The minimum absolute atomic E-state index is 0.576. The lowest BCUT2D eigenvalue weighted by molar-refractivity contribution is 0.285. The van der Waals surface area contributed by atoms with E-state index < -0.39 is 0 Å². The van der Waals surface area contributed by atoms with Gasteiger partial charge in [0.1, 0.15) is 0 Å². The Morgan fingerprint density at radius 3 is 2.47 bits per heavy atom. The standard InChI is InChI=1S/C12H23N3/c1-5-14(6-2)7-8-15-10-12(9-13-15)11(3)4/h9-11H,5-8H2,1-4H3. The third-order valence-electron chi connectivity index (χ3n) is 2.86. The van der Waals surface area contributed by atoms with Crippen LogP contribution >= 0.6 is 0 Å². The molecule has 1 aromatic heterocycles. The molecule has 0 amide bonds. The normalized spacial score (nSPS) is 11.6. The quantitative estimate of drug-likeness (QED) is 0.717. The number of likely N-dealkylation sites (N-methyl/N-ethyl adjacent to an activating group) is 1. The second kappa shape index (κ2) is 5.91. The summed E-state index contributed by atoms with van der Waals surface area (Å²) in [6.45, 7) is 13.1. The highest BCUT2D eigenvalue weighted by Gasteiger charge is 2.03. The van der Waals surface area contributed by atoms with Crippen molar-refractivity contribution in [3.05, 3.63) is 18.0 Å². The van der Waals surface area contributed by atoms with Crippen LogP contribution in [0.3, 0.4) is 0 Å². The molecule has 0 radical (unpaired) electrons.